The highest BCUT2D eigenvalue weighted by Crippen LogP contribution is 2.59. The summed E-state index contributed by atoms with van der Waals surface area (Å²) in [5.74, 6) is -1.49. The summed E-state index contributed by atoms with van der Waals surface area (Å²) in [6.45, 7) is 4.40. The lowest BCUT2D eigenvalue weighted by molar-refractivity contribution is -0.900. The van der Waals surface area contributed by atoms with Crippen LogP contribution < -0.4 is 16.8 Å². The van der Waals surface area contributed by atoms with Gasteiger partial charge in [0, 0.05) is 23.5 Å². The van der Waals surface area contributed by atoms with Crippen LogP contribution in [-0.4, -0.2) is 57.9 Å². The van der Waals surface area contributed by atoms with Gasteiger partial charge in [-0.3, -0.25) is 20.3 Å². The molecule has 0 aromatic heterocycles. The lowest BCUT2D eigenvalue weighted by Gasteiger charge is -2.46. The number of nitrogens with zero attached hydrogens (tertiary/aromatic N) is 1. The summed E-state index contributed by atoms with van der Waals surface area (Å²) in [5.41, 5.74) is 12.0. The molecule has 1 heterocycles. The fourth-order valence-electron chi connectivity index (χ4n) is 5.46. The number of amidine groups is 1. The zero-order chi connectivity index (χ0) is 23.7. The molecule has 182 valence electrons. The molecule has 2 aliphatic rings. The molecule has 2 fully saturated rings. The number of carboxylic acid groups (broad SMARTS) is 1. The molecule has 0 spiro atoms. The summed E-state index contributed by atoms with van der Waals surface area (Å²) in [6, 6.07) is 6.42. The molecule has 1 aromatic rings. The number of carbonyl (C=O) groups is 3. The van der Waals surface area contributed by atoms with Crippen LogP contribution in [0, 0.1) is 17.2 Å². The number of amides is 2. The van der Waals surface area contributed by atoms with Crippen LogP contribution in [0.15, 0.2) is 24.3 Å². The average molecular weight is 481 g/mol. The molecule has 1 aliphatic carbocycles. The molecule has 9 nitrogen and oxygen atoms in total. The summed E-state index contributed by atoms with van der Waals surface area (Å²) in [6.07, 6.45) is 2.70. The van der Waals surface area contributed by atoms with Crippen LogP contribution in [0.5, 0.6) is 0 Å². The van der Waals surface area contributed by atoms with Gasteiger partial charge in [0.1, 0.15) is 18.4 Å². The number of aliphatic carboxylic acids is 1. The van der Waals surface area contributed by atoms with Gasteiger partial charge in [-0.1, -0.05) is 38.1 Å². The van der Waals surface area contributed by atoms with Gasteiger partial charge in [0.05, 0.1) is 13.1 Å². The molecule has 2 amide bonds. The highest BCUT2D eigenvalue weighted by atomic mass is 35.5. The molecular formula is C23H35ClN5O4+. The Balaban J connectivity index is 0.00000385. The number of nitrogens with two attached hydrogens (primary N) is 2. The number of hydrogen-bond donors (Lipinski definition) is 5. The second-order valence-corrected chi connectivity index (χ2v) is 9.59. The number of primary amides is 1. The molecule has 4 atom stereocenters. The predicted octanol–water partition coefficient (Wildman–Crippen LogP) is 1.36. The Labute approximate surface area is 200 Å². The normalized spacial score (nSPS) is 26.6. The Morgan fingerprint density at radius 1 is 1.24 bits per heavy atom. The second kappa shape index (κ2) is 10.2. The summed E-state index contributed by atoms with van der Waals surface area (Å²) in [5, 5.41) is 19.7. The number of halogens is 1. The number of nitrogens with one attached hydrogen (secondary N) is 2. The fraction of sp³-hybridized carbons (Fsp3) is 0.565. The SMILES string of the molecule is CC(C)C[C@@H](NCC(=O)O)C(=O)[N+]1(Cc2ccc(C(=N)N)cc2)CCC[C@@H]2C[C@@]21C(N)=O.Cl. The summed E-state index contributed by atoms with van der Waals surface area (Å²) in [4.78, 5) is 38.1. The first kappa shape index (κ1) is 26.8. The number of carboxylic acids is 1. The highest BCUT2D eigenvalue weighted by Gasteiger charge is 2.76. The molecule has 7 N–H and O–H groups in total. The third kappa shape index (κ3) is 5.05. The number of quaternary nitrogens is 1. The van der Waals surface area contributed by atoms with E-state index in [1.807, 2.05) is 26.0 Å². The van der Waals surface area contributed by atoms with Crippen molar-refractivity contribution >= 4 is 36.0 Å². The summed E-state index contributed by atoms with van der Waals surface area (Å²) < 4.78 is -0.0869. The van der Waals surface area contributed by atoms with Crippen LogP contribution in [0.1, 0.15) is 50.7 Å². The average Bonchev–Trinajstić information content (AvgIpc) is 3.48. The quantitative estimate of drug-likeness (QED) is 0.193. The van der Waals surface area contributed by atoms with Crippen LogP contribution in [0.3, 0.4) is 0 Å². The molecule has 0 bridgehead atoms. The molecule has 10 heteroatoms. The first-order valence-corrected chi connectivity index (χ1v) is 11.1. The van der Waals surface area contributed by atoms with Crippen molar-refractivity contribution in [1.29, 1.82) is 5.41 Å². The van der Waals surface area contributed by atoms with Crippen molar-refractivity contribution < 1.29 is 24.0 Å². The van der Waals surface area contributed by atoms with Gasteiger partial charge in [0.15, 0.2) is 5.54 Å². The maximum atomic E-state index is 14.1. The van der Waals surface area contributed by atoms with Gasteiger partial charge in [0.2, 0.25) is 0 Å². The van der Waals surface area contributed by atoms with Crippen molar-refractivity contribution in [3.05, 3.63) is 35.4 Å². The smallest absolute Gasteiger partial charge is 0.331 e. The first-order valence-electron chi connectivity index (χ1n) is 11.1. The van der Waals surface area contributed by atoms with E-state index in [4.69, 9.17) is 16.9 Å². The molecule has 1 aliphatic heterocycles. The number of carbonyl (C=O) groups excluding carboxylic acids is 2. The van der Waals surface area contributed by atoms with E-state index >= 15 is 0 Å². The van der Waals surface area contributed by atoms with Crippen LogP contribution in [-0.2, 0) is 20.9 Å². The van der Waals surface area contributed by atoms with Gasteiger partial charge in [-0.2, -0.15) is 0 Å². The minimum absolute atomic E-state index is 0. The monoisotopic (exact) mass is 480 g/mol. The molecular weight excluding hydrogens is 446 g/mol. The number of piperidine rings is 1. The zero-order valence-electron chi connectivity index (χ0n) is 19.2. The molecule has 1 saturated heterocycles. The predicted molar refractivity (Wildman–Crippen MR) is 127 cm³/mol. The number of fused-ring (bicyclic) bond motifs is 1. The standard InChI is InChI=1S/C23H33N5O4.ClH/c1-14(2)10-18(27-12-19(29)30)21(31)28(9-3-4-17-11-23(17,28)22(26)32)13-15-5-7-16(8-6-15)20(24)25;/h5-8,14,17-18,27H,3-4,9-13H2,1-2H3,(H5-,24,25,26,29,30,32);1H/p+1/t17-,18-,23+,28?;/m1./s1. The number of benzene rings is 1. The minimum atomic E-state index is -1.04. The zero-order valence-corrected chi connectivity index (χ0v) is 20.0. The largest absolute Gasteiger partial charge is 0.480 e. The molecule has 1 saturated carbocycles. The van der Waals surface area contributed by atoms with Crippen molar-refractivity contribution in [2.75, 3.05) is 13.1 Å². The van der Waals surface area contributed by atoms with Gasteiger partial charge >= 0.3 is 11.9 Å². The van der Waals surface area contributed by atoms with Gasteiger partial charge in [-0.25, -0.2) is 9.28 Å². The van der Waals surface area contributed by atoms with E-state index < -0.39 is 23.5 Å². The molecule has 33 heavy (non-hydrogen) atoms. The molecule has 1 unspecified atom stereocenters. The number of nitrogen functional groups attached to an aromatic ring is 1. The minimum Gasteiger partial charge on any atom is -0.480 e. The lowest BCUT2D eigenvalue weighted by Crippen LogP contribution is -2.71. The number of rotatable bonds is 10. The van der Waals surface area contributed by atoms with Crippen LogP contribution in [0.25, 0.3) is 0 Å². The van der Waals surface area contributed by atoms with Crippen molar-refractivity contribution in [3.63, 3.8) is 0 Å². The maximum Gasteiger partial charge on any atom is 0.331 e. The van der Waals surface area contributed by atoms with Crippen molar-refractivity contribution in [1.82, 2.24) is 5.32 Å². The van der Waals surface area contributed by atoms with E-state index in [-0.39, 0.29) is 47.0 Å². The lowest BCUT2D eigenvalue weighted by atomic mass is 9.91. The fourth-order valence-corrected chi connectivity index (χ4v) is 5.46. The topological polar surface area (TPSA) is 159 Å². The second-order valence-electron chi connectivity index (χ2n) is 9.59. The van der Waals surface area contributed by atoms with E-state index in [0.29, 0.717) is 31.5 Å². The molecule has 1 aromatic carbocycles. The van der Waals surface area contributed by atoms with Gasteiger partial charge in [0.25, 0.3) is 5.91 Å². The van der Waals surface area contributed by atoms with E-state index in [1.165, 1.54) is 0 Å². The Kier molecular flexibility index (Phi) is 8.27. The third-order valence-corrected chi connectivity index (χ3v) is 7.00. The van der Waals surface area contributed by atoms with Crippen molar-refractivity contribution in [2.24, 2.45) is 23.3 Å². The Hall–Kier alpha value is -2.49. The van der Waals surface area contributed by atoms with E-state index in [2.05, 4.69) is 5.32 Å². The van der Waals surface area contributed by atoms with Crippen molar-refractivity contribution in [2.45, 2.75) is 57.7 Å². The van der Waals surface area contributed by atoms with Gasteiger partial charge in [-0.15, -0.1) is 12.4 Å². The summed E-state index contributed by atoms with van der Waals surface area (Å²) >= 11 is 0. The molecule has 0 radical (unpaired) electrons. The Bertz CT molecular complexity index is 922. The van der Waals surface area contributed by atoms with Crippen LogP contribution in [0.2, 0.25) is 0 Å². The van der Waals surface area contributed by atoms with Crippen LogP contribution >= 0.6 is 12.4 Å². The van der Waals surface area contributed by atoms with Crippen LogP contribution in [0.4, 0.5) is 0 Å². The van der Waals surface area contributed by atoms with E-state index in [9.17, 15) is 19.5 Å². The van der Waals surface area contributed by atoms with E-state index in [1.54, 1.807) is 12.1 Å². The Morgan fingerprint density at radius 3 is 2.39 bits per heavy atom. The highest BCUT2D eigenvalue weighted by molar-refractivity contribution is 5.95. The van der Waals surface area contributed by atoms with Crippen molar-refractivity contribution in [3.8, 4) is 0 Å². The van der Waals surface area contributed by atoms with E-state index in [0.717, 1.165) is 18.4 Å². The first-order chi connectivity index (χ1) is 15.0. The third-order valence-electron chi connectivity index (χ3n) is 7.00. The number of hydrogen-bond acceptors (Lipinski definition) is 5. The number of likely N-dealkylation sites (tertiary alicyclic amines) is 1. The van der Waals surface area contributed by atoms with Gasteiger partial charge < -0.3 is 16.6 Å². The molecule has 3 rings (SSSR count). The Morgan fingerprint density at radius 2 is 1.88 bits per heavy atom. The summed E-state index contributed by atoms with van der Waals surface area (Å²) in [7, 11) is 0. The maximum absolute atomic E-state index is 14.1. The van der Waals surface area contributed by atoms with Gasteiger partial charge in [-0.05, 0) is 25.2 Å².